The van der Waals surface area contributed by atoms with Gasteiger partial charge in [0.05, 0.1) is 10.0 Å². The minimum absolute atomic E-state index is 0.0791. The molecule has 1 aromatic heterocycles. The molecule has 10 heteroatoms. The maximum atomic E-state index is 12.8. The predicted octanol–water partition coefficient (Wildman–Crippen LogP) is 3.09. The Labute approximate surface area is 164 Å². The fourth-order valence-corrected chi connectivity index (χ4v) is 3.04. The molecule has 0 bridgehead atoms. The van der Waals surface area contributed by atoms with E-state index in [0.29, 0.717) is 16.3 Å². The van der Waals surface area contributed by atoms with Crippen LogP contribution in [0.3, 0.4) is 0 Å². The van der Waals surface area contributed by atoms with Crippen LogP contribution in [-0.4, -0.2) is 34.4 Å². The van der Waals surface area contributed by atoms with Gasteiger partial charge in [0, 0.05) is 19.0 Å². The van der Waals surface area contributed by atoms with Crippen molar-refractivity contribution >= 4 is 46.9 Å². The normalized spacial score (nSPS) is 19.3. The summed E-state index contributed by atoms with van der Waals surface area (Å²) in [7, 11) is 0. The highest BCUT2D eigenvalue weighted by molar-refractivity contribution is 6.42. The van der Waals surface area contributed by atoms with Crippen LogP contribution < -0.4 is 10.6 Å². The summed E-state index contributed by atoms with van der Waals surface area (Å²) in [5.74, 6) is -0.0462. The van der Waals surface area contributed by atoms with E-state index in [0.717, 1.165) is 4.90 Å². The summed E-state index contributed by atoms with van der Waals surface area (Å²) in [4.78, 5) is 38.1. The first kappa shape index (κ1) is 19.2. The number of urea groups is 1. The number of carbonyl (C=O) groups is 3. The molecule has 2 heterocycles. The first-order valence-corrected chi connectivity index (χ1v) is 8.79. The fourth-order valence-electron chi connectivity index (χ4n) is 2.75. The molecule has 27 heavy (non-hydrogen) atoms. The minimum Gasteiger partial charge on any atom is -0.360 e. The molecule has 1 atom stereocenters. The number of hydrogen-bond donors (Lipinski definition) is 2. The minimum atomic E-state index is -1.29. The smallest absolute Gasteiger partial charge is 0.325 e. The molecular weight excluding hydrogens is 395 g/mol. The number of carbonyl (C=O) groups excluding carboxylic acids is 3. The topological polar surface area (TPSA) is 105 Å². The van der Waals surface area contributed by atoms with E-state index in [1.165, 1.54) is 6.07 Å². The molecule has 2 N–H and O–H groups in total. The molecule has 3 rings (SSSR count). The number of anilines is 1. The summed E-state index contributed by atoms with van der Waals surface area (Å²) in [6.07, 6.45) is -0.0808. The summed E-state index contributed by atoms with van der Waals surface area (Å²) in [6, 6.07) is 5.69. The second kappa shape index (κ2) is 7.21. The SMILES string of the molecule is Cc1cc(NC(=O)CCN2C(=O)NC(C)(c3ccc(Cl)c(Cl)c3)C2=O)no1. The van der Waals surface area contributed by atoms with Crippen molar-refractivity contribution in [1.82, 2.24) is 15.4 Å². The standard InChI is InChI=1S/C17H16Cl2N4O4/c1-9-7-13(22-27-9)20-14(24)5-6-23-15(25)17(2,21-16(23)26)10-3-4-11(18)12(19)8-10/h3-4,7-8H,5-6H2,1-2H3,(H,21,26)(H,20,22,24). The van der Waals surface area contributed by atoms with E-state index in [1.54, 1.807) is 32.0 Å². The third kappa shape index (κ3) is 3.77. The van der Waals surface area contributed by atoms with Crippen LogP contribution in [-0.2, 0) is 15.1 Å². The van der Waals surface area contributed by atoms with E-state index in [2.05, 4.69) is 15.8 Å². The van der Waals surface area contributed by atoms with Gasteiger partial charge in [-0.2, -0.15) is 0 Å². The second-order valence-electron chi connectivity index (χ2n) is 6.26. The predicted molar refractivity (Wildman–Crippen MR) is 98.5 cm³/mol. The number of rotatable bonds is 5. The molecule has 1 saturated heterocycles. The first-order chi connectivity index (χ1) is 12.7. The van der Waals surface area contributed by atoms with E-state index in [9.17, 15) is 14.4 Å². The number of hydrogen-bond acceptors (Lipinski definition) is 5. The van der Waals surface area contributed by atoms with Crippen molar-refractivity contribution < 1.29 is 18.9 Å². The molecular formula is C17H16Cl2N4O4. The number of imide groups is 1. The fraction of sp³-hybridized carbons (Fsp3) is 0.294. The number of aryl methyl sites for hydroxylation is 1. The number of benzene rings is 1. The van der Waals surface area contributed by atoms with Crippen LogP contribution in [0.5, 0.6) is 0 Å². The second-order valence-corrected chi connectivity index (χ2v) is 7.08. The molecule has 2 aromatic rings. The van der Waals surface area contributed by atoms with Crippen LogP contribution in [0.15, 0.2) is 28.8 Å². The quantitative estimate of drug-likeness (QED) is 0.736. The van der Waals surface area contributed by atoms with Crippen molar-refractivity contribution in [3.63, 3.8) is 0 Å². The van der Waals surface area contributed by atoms with Gasteiger partial charge in [-0.1, -0.05) is 34.4 Å². The Morgan fingerprint density at radius 3 is 2.67 bits per heavy atom. The largest absolute Gasteiger partial charge is 0.360 e. The van der Waals surface area contributed by atoms with Crippen molar-refractivity contribution in [2.45, 2.75) is 25.8 Å². The third-order valence-corrected chi connectivity index (χ3v) is 4.97. The van der Waals surface area contributed by atoms with Gasteiger partial charge in [-0.15, -0.1) is 0 Å². The van der Waals surface area contributed by atoms with Crippen molar-refractivity contribution in [3.05, 3.63) is 45.6 Å². The maximum Gasteiger partial charge on any atom is 0.325 e. The summed E-state index contributed by atoms with van der Waals surface area (Å²) in [6.45, 7) is 3.19. The Morgan fingerprint density at radius 1 is 1.30 bits per heavy atom. The monoisotopic (exact) mass is 410 g/mol. The number of halogens is 2. The number of nitrogens with one attached hydrogen (secondary N) is 2. The lowest BCUT2D eigenvalue weighted by atomic mass is 9.92. The maximum absolute atomic E-state index is 12.8. The highest BCUT2D eigenvalue weighted by Crippen LogP contribution is 2.33. The first-order valence-electron chi connectivity index (χ1n) is 8.03. The average Bonchev–Trinajstić information content (AvgIpc) is 3.10. The summed E-state index contributed by atoms with van der Waals surface area (Å²) in [5.41, 5.74) is -0.786. The lowest BCUT2D eigenvalue weighted by molar-refractivity contribution is -0.131. The zero-order valence-electron chi connectivity index (χ0n) is 14.5. The number of amides is 4. The Morgan fingerprint density at radius 2 is 2.04 bits per heavy atom. The highest BCUT2D eigenvalue weighted by atomic mass is 35.5. The summed E-state index contributed by atoms with van der Waals surface area (Å²) in [5, 5.41) is 9.46. The van der Waals surface area contributed by atoms with Crippen molar-refractivity contribution in [2.24, 2.45) is 0 Å². The third-order valence-electron chi connectivity index (χ3n) is 4.23. The molecule has 1 aliphatic rings. The lowest BCUT2D eigenvalue weighted by Crippen LogP contribution is -2.41. The van der Waals surface area contributed by atoms with Gasteiger partial charge < -0.3 is 15.2 Å². The van der Waals surface area contributed by atoms with Gasteiger partial charge in [0.1, 0.15) is 11.3 Å². The summed E-state index contributed by atoms with van der Waals surface area (Å²) >= 11 is 11.9. The van der Waals surface area contributed by atoms with E-state index in [1.807, 2.05) is 0 Å². The zero-order chi connectivity index (χ0) is 19.8. The van der Waals surface area contributed by atoms with E-state index in [-0.39, 0.29) is 23.8 Å². The molecule has 1 unspecified atom stereocenters. The molecule has 142 valence electrons. The van der Waals surface area contributed by atoms with Crippen LogP contribution in [0.25, 0.3) is 0 Å². The van der Waals surface area contributed by atoms with Gasteiger partial charge in [-0.25, -0.2) is 4.79 Å². The van der Waals surface area contributed by atoms with E-state index >= 15 is 0 Å². The Kier molecular flexibility index (Phi) is 5.12. The molecule has 0 radical (unpaired) electrons. The number of nitrogens with zero attached hydrogens (tertiary/aromatic N) is 2. The van der Waals surface area contributed by atoms with Crippen LogP contribution >= 0.6 is 23.2 Å². The highest BCUT2D eigenvalue weighted by Gasteiger charge is 2.49. The molecule has 1 fully saturated rings. The van der Waals surface area contributed by atoms with Gasteiger partial charge in [0.2, 0.25) is 5.91 Å². The van der Waals surface area contributed by atoms with Crippen molar-refractivity contribution in [2.75, 3.05) is 11.9 Å². The van der Waals surface area contributed by atoms with Gasteiger partial charge in [0.25, 0.3) is 5.91 Å². The zero-order valence-corrected chi connectivity index (χ0v) is 16.0. The lowest BCUT2D eigenvalue weighted by Gasteiger charge is -2.22. The molecule has 8 nitrogen and oxygen atoms in total. The molecule has 0 saturated carbocycles. The van der Waals surface area contributed by atoms with Gasteiger partial charge in [0.15, 0.2) is 5.82 Å². The van der Waals surface area contributed by atoms with Crippen LogP contribution in [0, 0.1) is 6.92 Å². The molecule has 0 aliphatic carbocycles. The van der Waals surface area contributed by atoms with Gasteiger partial charge >= 0.3 is 6.03 Å². The van der Waals surface area contributed by atoms with Crippen molar-refractivity contribution in [3.8, 4) is 0 Å². The number of aromatic nitrogens is 1. The van der Waals surface area contributed by atoms with Crippen molar-refractivity contribution in [1.29, 1.82) is 0 Å². The molecule has 1 aliphatic heterocycles. The Bertz CT molecular complexity index is 929. The Hall–Kier alpha value is -2.58. The van der Waals surface area contributed by atoms with Gasteiger partial charge in [-0.3, -0.25) is 14.5 Å². The molecule has 4 amide bonds. The average molecular weight is 411 g/mol. The van der Waals surface area contributed by atoms with Crippen LogP contribution in [0.2, 0.25) is 10.0 Å². The van der Waals surface area contributed by atoms with Crippen LogP contribution in [0.1, 0.15) is 24.7 Å². The molecule has 0 spiro atoms. The van der Waals surface area contributed by atoms with E-state index in [4.69, 9.17) is 27.7 Å². The Balaban J connectivity index is 1.68. The van der Waals surface area contributed by atoms with Crippen LogP contribution in [0.4, 0.5) is 10.6 Å². The molecule has 1 aromatic carbocycles. The van der Waals surface area contributed by atoms with Gasteiger partial charge in [-0.05, 0) is 31.5 Å². The van der Waals surface area contributed by atoms with E-state index < -0.39 is 23.4 Å². The summed E-state index contributed by atoms with van der Waals surface area (Å²) < 4.78 is 4.86.